The Hall–Kier alpha value is -3.35. The lowest BCUT2D eigenvalue weighted by molar-refractivity contribution is -0.155. The number of carbonyl (C=O) groups excluding carboxylic acids is 2. The molecule has 1 atom stereocenters. The Kier molecular flexibility index (Phi) is 6.63. The molecule has 7 heteroatoms. The number of rotatable bonds is 7. The van der Waals surface area contributed by atoms with Gasteiger partial charge in [0.05, 0.1) is 18.9 Å². The van der Waals surface area contributed by atoms with E-state index in [0.717, 1.165) is 22.3 Å². The van der Waals surface area contributed by atoms with Crippen LogP contribution in [0.2, 0.25) is 0 Å². The maximum Gasteiger partial charge on any atom is 0.407 e. The lowest BCUT2D eigenvalue weighted by Gasteiger charge is -2.22. The molecule has 0 saturated carbocycles. The molecule has 0 aromatic heterocycles. The molecule has 1 amide bonds. The van der Waals surface area contributed by atoms with Crippen LogP contribution in [-0.2, 0) is 19.1 Å². The van der Waals surface area contributed by atoms with Crippen LogP contribution in [0.3, 0.4) is 0 Å². The molecule has 0 saturated heterocycles. The Morgan fingerprint density at radius 2 is 1.52 bits per heavy atom. The molecule has 0 bridgehead atoms. The van der Waals surface area contributed by atoms with Gasteiger partial charge in [-0.1, -0.05) is 48.5 Å². The number of aliphatic carboxylic acids is 1. The Bertz CT molecular complexity index is 933. The van der Waals surface area contributed by atoms with Gasteiger partial charge in [0, 0.05) is 5.92 Å². The van der Waals surface area contributed by atoms with Crippen molar-refractivity contribution in [1.29, 1.82) is 0 Å². The zero-order valence-electron chi connectivity index (χ0n) is 17.9. The Morgan fingerprint density at radius 3 is 2.03 bits per heavy atom. The van der Waals surface area contributed by atoms with E-state index in [4.69, 9.17) is 14.6 Å². The fourth-order valence-electron chi connectivity index (χ4n) is 3.78. The zero-order chi connectivity index (χ0) is 22.6. The third-order valence-electron chi connectivity index (χ3n) is 4.92. The number of nitrogens with one attached hydrogen (secondary N) is 1. The van der Waals surface area contributed by atoms with E-state index in [1.807, 2.05) is 48.5 Å². The van der Waals surface area contributed by atoms with E-state index in [-0.39, 0.29) is 18.9 Å². The second-order valence-electron chi connectivity index (χ2n) is 8.56. The molecular weight excluding hydrogens is 398 g/mol. The lowest BCUT2D eigenvalue weighted by atomic mass is 9.98. The highest BCUT2D eigenvalue weighted by atomic mass is 16.6. The molecule has 2 aromatic carbocycles. The van der Waals surface area contributed by atoms with E-state index in [1.165, 1.54) is 0 Å². The topological polar surface area (TPSA) is 102 Å². The van der Waals surface area contributed by atoms with E-state index < -0.39 is 36.1 Å². The molecule has 1 unspecified atom stereocenters. The van der Waals surface area contributed by atoms with Crippen LogP contribution in [0, 0.1) is 0 Å². The SMILES string of the molecule is CC(C)(C)OC(=O)CC(CC(=O)O)NC(=O)OCC1c2ccccc2-c2ccccc21. The first-order valence-corrected chi connectivity index (χ1v) is 10.2. The predicted molar refractivity (Wildman–Crippen MR) is 115 cm³/mol. The number of carboxylic acid groups (broad SMARTS) is 1. The minimum Gasteiger partial charge on any atom is -0.481 e. The van der Waals surface area contributed by atoms with Gasteiger partial charge in [-0.15, -0.1) is 0 Å². The summed E-state index contributed by atoms with van der Waals surface area (Å²) in [4.78, 5) is 35.6. The largest absolute Gasteiger partial charge is 0.481 e. The van der Waals surface area contributed by atoms with Gasteiger partial charge in [0.15, 0.2) is 0 Å². The summed E-state index contributed by atoms with van der Waals surface area (Å²) >= 11 is 0. The minimum absolute atomic E-state index is 0.103. The van der Waals surface area contributed by atoms with Gasteiger partial charge in [-0.25, -0.2) is 4.79 Å². The number of esters is 1. The van der Waals surface area contributed by atoms with E-state index in [0.29, 0.717) is 0 Å². The molecule has 0 spiro atoms. The van der Waals surface area contributed by atoms with Gasteiger partial charge >= 0.3 is 18.0 Å². The summed E-state index contributed by atoms with van der Waals surface area (Å²) < 4.78 is 10.7. The minimum atomic E-state index is -1.13. The summed E-state index contributed by atoms with van der Waals surface area (Å²) in [6.45, 7) is 5.26. The lowest BCUT2D eigenvalue weighted by Crippen LogP contribution is -2.40. The standard InChI is InChI=1S/C24H27NO6/c1-24(2,3)31-22(28)13-15(12-21(26)27)25-23(29)30-14-20-18-10-6-4-8-16(18)17-9-5-7-11-19(17)20/h4-11,15,20H,12-14H2,1-3H3,(H,25,29)(H,26,27). The fourth-order valence-corrected chi connectivity index (χ4v) is 3.78. The van der Waals surface area contributed by atoms with Crippen molar-refractivity contribution in [2.24, 2.45) is 0 Å². The van der Waals surface area contributed by atoms with Crippen LogP contribution in [0.1, 0.15) is 50.7 Å². The van der Waals surface area contributed by atoms with E-state index in [9.17, 15) is 14.4 Å². The average molecular weight is 425 g/mol. The molecule has 3 rings (SSSR count). The third kappa shape index (κ3) is 5.84. The van der Waals surface area contributed by atoms with Crippen LogP contribution in [0.15, 0.2) is 48.5 Å². The maximum absolute atomic E-state index is 12.4. The quantitative estimate of drug-likeness (QED) is 0.648. The zero-order valence-corrected chi connectivity index (χ0v) is 17.9. The monoisotopic (exact) mass is 425 g/mol. The predicted octanol–water partition coefficient (Wildman–Crippen LogP) is 4.10. The van der Waals surface area contributed by atoms with Crippen molar-refractivity contribution in [2.45, 2.75) is 51.2 Å². The second kappa shape index (κ2) is 9.20. The molecule has 0 radical (unpaired) electrons. The number of carboxylic acids is 1. The van der Waals surface area contributed by atoms with Crippen molar-refractivity contribution in [2.75, 3.05) is 6.61 Å². The average Bonchev–Trinajstić information content (AvgIpc) is 2.98. The van der Waals surface area contributed by atoms with Crippen molar-refractivity contribution < 1.29 is 29.0 Å². The van der Waals surface area contributed by atoms with Crippen molar-refractivity contribution in [1.82, 2.24) is 5.32 Å². The summed E-state index contributed by atoms with van der Waals surface area (Å²) in [5.41, 5.74) is 3.68. The Labute approximate surface area is 181 Å². The summed E-state index contributed by atoms with van der Waals surface area (Å²) in [5.74, 6) is -1.83. The third-order valence-corrected chi connectivity index (χ3v) is 4.92. The van der Waals surface area contributed by atoms with Crippen LogP contribution in [0.5, 0.6) is 0 Å². The van der Waals surface area contributed by atoms with Gasteiger partial charge in [-0.05, 0) is 43.0 Å². The fraction of sp³-hybridized carbons (Fsp3) is 0.375. The summed E-state index contributed by atoms with van der Waals surface area (Å²) in [6, 6.07) is 15.0. The first-order chi connectivity index (χ1) is 14.6. The van der Waals surface area contributed by atoms with Gasteiger partial charge < -0.3 is 19.9 Å². The van der Waals surface area contributed by atoms with Gasteiger partial charge in [0.1, 0.15) is 12.2 Å². The summed E-state index contributed by atoms with van der Waals surface area (Å²) in [6.07, 6.45) is -1.44. The number of alkyl carbamates (subject to hydrolysis) is 1. The number of ether oxygens (including phenoxy) is 2. The highest BCUT2D eigenvalue weighted by molar-refractivity contribution is 5.79. The molecule has 0 fully saturated rings. The Balaban J connectivity index is 1.64. The van der Waals surface area contributed by atoms with Crippen LogP contribution in [0.4, 0.5) is 4.79 Å². The van der Waals surface area contributed by atoms with Crippen molar-refractivity contribution >= 4 is 18.0 Å². The van der Waals surface area contributed by atoms with Gasteiger partial charge in [0.2, 0.25) is 0 Å². The van der Waals surface area contributed by atoms with E-state index in [1.54, 1.807) is 20.8 Å². The smallest absolute Gasteiger partial charge is 0.407 e. The van der Waals surface area contributed by atoms with Crippen LogP contribution in [-0.4, -0.2) is 41.4 Å². The maximum atomic E-state index is 12.4. The first kappa shape index (κ1) is 22.3. The molecule has 164 valence electrons. The molecule has 0 aliphatic heterocycles. The highest BCUT2D eigenvalue weighted by Gasteiger charge is 2.30. The highest BCUT2D eigenvalue weighted by Crippen LogP contribution is 2.44. The number of hydrogen-bond donors (Lipinski definition) is 2. The molecular formula is C24H27NO6. The molecule has 2 aromatic rings. The van der Waals surface area contributed by atoms with Crippen molar-refractivity contribution in [3.05, 3.63) is 59.7 Å². The molecule has 7 nitrogen and oxygen atoms in total. The molecule has 0 heterocycles. The normalized spacial score (nSPS) is 13.6. The van der Waals surface area contributed by atoms with E-state index in [2.05, 4.69) is 5.32 Å². The molecule has 1 aliphatic rings. The van der Waals surface area contributed by atoms with Gasteiger partial charge in [-0.3, -0.25) is 9.59 Å². The van der Waals surface area contributed by atoms with Gasteiger partial charge in [-0.2, -0.15) is 0 Å². The Morgan fingerprint density at radius 1 is 0.968 bits per heavy atom. The van der Waals surface area contributed by atoms with Crippen molar-refractivity contribution in [3.63, 3.8) is 0 Å². The first-order valence-electron chi connectivity index (χ1n) is 10.2. The van der Waals surface area contributed by atoms with Gasteiger partial charge in [0.25, 0.3) is 0 Å². The number of fused-ring (bicyclic) bond motifs is 3. The molecule has 1 aliphatic carbocycles. The van der Waals surface area contributed by atoms with E-state index >= 15 is 0 Å². The van der Waals surface area contributed by atoms with Crippen molar-refractivity contribution in [3.8, 4) is 11.1 Å². The second-order valence-corrected chi connectivity index (χ2v) is 8.56. The number of hydrogen-bond acceptors (Lipinski definition) is 5. The number of benzene rings is 2. The number of amides is 1. The van der Waals surface area contributed by atoms with Crippen LogP contribution < -0.4 is 5.32 Å². The van der Waals surface area contributed by atoms with Crippen LogP contribution in [0.25, 0.3) is 11.1 Å². The van der Waals surface area contributed by atoms with Crippen LogP contribution >= 0.6 is 0 Å². The summed E-state index contributed by atoms with van der Waals surface area (Å²) in [7, 11) is 0. The number of carbonyl (C=O) groups is 3. The molecule has 2 N–H and O–H groups in total. The molecule has 31 heavy (non-hydrogen) atoms. The summed E-state index contributed by atoms with van der Waals surface area (Å²) in [5, 5.41) is 11.6.